The van der Waals surface area contributed by atoms with E-state index < -0.39 is 0 Å². The number of rotatable bonds is 7. The van der Waals surface area contributed by atoms with Gasteiger partial charge in [-0.1, -0.05) is 6.07 Å². The number of hydrogen-bond donors (Lipinski definition) is 1. The van der Waals surface area contributed by atoms with Crippen LogP contribution in [-0.2, 0) is 4.79 Å². The van der Waals surface area contributed by atoms with Gasteiger partial charge in [-0.25, -0.2) is 0 Å². The van der Waals surface area contributed by atoms with Crippen molar-refractivity contribution in [3.8, 4) is 23.0 Å². The van der Waals surface area contributed by atoms with Crippen molar-refractivity contribution in [2.24, 2.45) is 0 Å². The van der Waals surface area contributed by atoms with Crippen LogP contribution >= 0.6 is 0 Å². The first-order valence-corrected chi connectivity index (χ1v) is 7.96. The first-order chi connectivity index (χ1) is 12.5. The zero-order chi connectivity index (χ0) is 19.1. The van der Waals surface area contributed by atoms with Crippen LogP contribution in [0.3, 0.4) is 0 Å². The quantitative estimate of drug-likeness (QED) is 0.764. The van der Waals surface area contributed by atoms with Gasteiger partial charge in [0.15, 0.2) is 11.5 Å². The van der Waals surface area contributed by atoms with Crippen molar-refractivity contribution in [1.82, 2.24) is 0 Å². The summed E-state index contributed by atoms with van der Waals surface area (Å²) in [5.41, 5.74) is 1.90. The van der Waals surface area contributed by atoms with Gasteiger partial charge in [0, 0.05) is 11.6 Å². The smallest absolute Gasteiger partial charge is 0.251 e. The topological polar surface area (TPSA) is 66.0 Å². The number of nitrogens with one attached hydrogen (secondary N) is 1. The van der Waals surface area contributed by atoms with Crippen LogP contribution < -0.4 is 24.3 Å². The number of methoxy groups -OCH3 is 4. The minimum Gasteiger partial charge on any atom is -0.497 e. The van der Waals surface area contributed by atoms with Crippen molar-refractivity contribution in [2.45, 2.75) is 6.92 Å². The normalized spacial score (nSPS) is 10.9. The highest BCUT2D eigenvalue weighted by Gasteiger charge is 2.11. The molecule has 2 aromatic carbocycles. The molecular weight excluding hydrogens is 334 g/mol. The summed E-state index contributed by atoms with van der Waals surface area (Å²) in [7, 11) is 6.26. The summed E-state index contributed by atoms with van der Waals surface area (Å²) in [6.07, 6.45) is 1.77. The van der Waals surface area contributed by atoms with Crippen LogP contribution in [0.4, 0.5) is 5.69 Å². The van der Waals surface area contributed by atoms with E-state index >= 15 is 0 Å². The average molecular weight is 357 g/mol. The molecule has 138 valence electrons. The van der Waals surface area contributed by atoms with Crippen molar-refractivity contribution in [1.29, 1.82) is 0 Å². The molecule has 0 saturated heterocycles. The van der Waals surface area contributed by atoms with Crippen LogP contribution in [-0.4, -0.2) is 34.3 Å². The van der Waals surface area contributed by atoms with E-state index in [0.29, 0.717) is 34.3 Å². The summed E-state index contributed by atoms with van der Waals surface area (Å²) in [6.45, 7) is 1.73. The second-order valence-corrected chi connectivity index (χ2v) is 5.46. The molecule has 26 heavy (non-hydrogen) atoms. The molecule has 0 aliphatic rings. The third-order valence-electron chi connectivity index (χ3n) is 3.80. The second-order valence-electron chi connectivity index (χ2n) is 5.46. The molecule has 0 aromatic heterocycles. The van der Waals surface area contributed by atoms with Crippen LogP contribution in [0.2, 0.25) is 0 Å². The summed E-state index contributed by atoms with van der Waals surface area (Å²) in [5.74, 6) is 2.17. The van der Waals surface area contributed by atoms with Gasteiger partial charge in [0.25, 0.3) is 5.91 Å². The summed E-state index contributed by atoms with van der Waals surface area (Å²) in [5, 5.41) is 2.84. The van der Waals surface area contributed by atoms with Gasteiger partial charge in [-0.15, -0.1) is 0 Å². The molecule has 0 aliphatic heterocycles. The molecule has 6 heteroatoms. The van der Waals surface area contributed by atoms with E-state index in [2.05, 4.69) is 5.32 Å². The Bertz CT molecular complexity index is 814. The Hall–Kier alpha value is -3.15. The molecule has 1 N–H and O–H groups in total. The van der Waals surface area contributed by atoms with Gasteiger partial charge in [-0.3, -0.25) is 4.79 Å². The van der Waals surface area contributed by atoms with Crippen LogP contribution in [0.5, 0.6) is 23.0 Å². The standard InChI is InChI=1S/C20H23NO5/c1-13(10-14-6-8-18(25-4)19(11-14)26-5)20(22)21-16-12-15(23-2)7-9-17(16)24-3/h6-12H,1-5H3,(H,21,22)/b13-10+. The largest absolute Gasteiger partial charge is 0.497 e. The number of hydrogen-bond acceptors (Lipinski definition) is 5. The van der Waals surface area contributed by atoms with Gasteiger partial charge >= 0.3 is 0 Å². The molecule has 6 nitrogen and oxygen atoms in total. The molecule has 0 saturated carbocycles. The SMILES string of the molecule is COc1ccc(OC)c(NC(=O)/C(C)=C/c2ccc(OC)c(OC)c2)c1. The predicted octanol–water partition coefficient (Wildman–Crippen LogP) is 3.76. The summed E-state index contributed by atoms with van der Waals surface area (Å²) < 4.78 is 21.0. The highest BCUT2D eigenvalue weighted by atomic mass is 16.5. The number of anilines is 1. The van der Waals surface area contributed by atoms with Crippen LogP contribution in [0.25, 0.3) is 6.08 Å². The monoisotopic (exact) mass is 357 g/mol. The molecule has 0 atom stereocenters. The molecule has 0 bridgehead atoms. The van der Waals surface area contributed by atoms with Gasteiger partial charge in [0.2, 0.25) is 0 Å². The van der Waals surface area contributed by atoms with E-state index in [0.717, 1.165) is 5.56 Å². The lowest BCUT2D eigenvalue weighted by molar-refractivity contribution is -0.112. The molecule has 2 rings (SSSR count). The van der Waals surface area contributed by atoms with E-state index in [1.165, 1.54) is 0 Å². The fourth-order valence-corrected chi connectivity index (χ4v) is 2.39. The van der Waals surface area contributed by atoms with E-state index in [1.807, 2.05) is 12.1 Å². The third kappa shape index (κ3) is 4.47. The maximum absolute atomic E-state index is 12.5. The lowest BCUT2D eigenvalue weighted by Gasteiger charge is -2.12. The Labute approximate surface area is 153 Å². The predicted molar refractivity (Wildman–Crippen MR) is 101 cm³/mol. The number of carbonyl (C=O) groups is 1. The number of carbonyl (C=O) groups excluding carboxylic acids is 1. The summed E-state index contributed by atoms with van der Waals surface area (Å²) >= 11 is 0. The second kappa shape index (κ2) is 8.80. The fraction of sp³-hybridized carbons (Fsp3) is 0.250. The van der Waals surface area contributed by atoms with Gasteiger partial charge in [-0.05, 0) is 42.8 Å². The van der Waals surface area contributed by atoms with Gasteiger partial charge < -0.3 is 24.3 Å². The fourth-order valence-electron chi connectivity index (χ4n) is 2.39. The molecule has 0 fully saturated rings. The minimum absolute atomic E-state index is 0.244. The molecule has 1 amide bonds. The molecule has 0 unspecified atom stereocenters. The Balaban J connectivity index is 2.23. The maximum atomic E-state index is 12.5. The van der Waals surface area contributed by atoms with Gasteiger partial charge in [-0.2, -0.15) is 0 Å². The Morgan fingerprint density at radius 1 is 0.846 bits per heavy atom. The minimum atomic E-state index is -0.244. The van der Waals surface area contributed by atoms with E-state index in [-0.39, 0.29) is 5.91 Å². The zero-order valence-electron chi connectivity index (χ0n) is 15.6. The number of benzene rings is 2. The number of amides is 1. The average Bonchev–Trinajstić information content (AvgIpc) is 2.67. The van der Waals surface area contributed by atoms with Crippen LogP contribution in [0.15, 0.2) is 42.0 Å². The first kappa shape index (κ1) is 19.2. The van der Waals surface area contributed by atoms with Crippen molar-refractivity contribution in [2.75, 3.05) is 33.8 Å². The first-order valence-electron chi connectivity index (χ1n) is 7.96. The van der Waals surface area contributed by atoms with Crippen molar-refractivity contribution < 1.29 is 23.7 Å². The highest BCUT2D eigenvalue weighted by molar-refractivity contribution is 6.07. The molecule has 0 aliphatic carbocycles. The zero-order valence-corrected chi connectivity index (χ0v) is 15.6. The molecular formula is C20H23NO5. The molecule has 0 spiro atoms. The lowest BCUT2D eigenvalue weighted by Crippen LogP contribution is -2.13. The van der Waals surface area contributed by atoms with E-state index in [9.17, 15) is 4.79 Å². The summed E-state index contributed by atoms with van der Waals surface area (Å²) in [6, 6.07) is 10.7. The number of ether oxygens (including phenoxy) is 4. The van der Waals surface area contributed by atoms with Crippen molar-refractivity contribution >= 4 is 17.7 Å². The molecule has 0 heterocycles. The molecule has 0 radical (unpaired) electrons. The van der Waals surface area contributed by atoms with Crippen molar-refractivity contribution in [3.05, 3.63) is 47.5 Å². The van der Waals surface area contributed by atoms with E-state index in [4.69, 9.17) is 18.9 Å². The Morgan fingerprint density at radius 3 is 2.12 bits per heavy atom. The Kier molecular flexibility index (Phi) is 6.49. The highest BCUT2D eigenvalue weighted by Crippen LogP contribution is 2.30. The molecule has 2 aromatic rings. The Morgan fingerprint density at radius 2 is 1.50 bits per heavy atom. The van der Waals surface area contributed by atoms with Gasteiger partial charge in [0.05, 0.1) is 34.1 Å². The van der Waals surface area contributed by atoms with Crippen molar-refractivity contribution in [3.63, 3.8) is 0 Å². The maximum Gasteiger partial charge on any atom is 0.251 e. The third-order valence-corrected chi connectivity index (χ3v) is 3.80. The lowest BCUT2D eigenvalue weighted by atomic mass is 10.1. The summed E-state index contributed by atoms with van der Waals surface area (Å²) in [4.78, 5) is 12.5. The van der Waals surface area contributed by atoms with Crippen LogP contribution in [0.1, 0.15) is 12.5 Å². The van der Waals surface area contributed by atoms with Crippen LogP contribution in [0, 0.1) is 0 Å². The van der Waals surface area contributed by atoms with Gasteiger partial charge in [0.1, 0.15) is 11.5 Å². The van der Waals surface area contributed by atoms with E-state index in [1.54, 1.807) is 65.7 Å².